The molecular weight excluding hydrogens is 575 g/mol. The number of amides is 1. The van der Waals surface area contributed by atoms with E-state index in [-0.39, 0.29) is 30.1 Å². The lowest BCUT2D eigenvalue weighted by Gasteiger charge is -2.27. The summed E-state index contributed by atoms with van der Waals surface area (Å²) in [5.74, 6) is 0.365. The third-order valence-corrected chi connectivity index (χ3v) is 7.51. The maximum atomic E-state index is 13.2. The van der Waals surface area contributed by atoms with E-state index in [2.05, 4.69) is 27.4 Å². The van der Waals surface area contributed by atoms with E-state index in [1.807, 2.05) is 0 Å². The second-order valence-corrected chi connectivity index (χ2v) is 10.9. The summed E-state index contributed by atoms with van der Waals surface area (Å²) < 4.78 is 42.5. The van der Waals surface area contributed by atoms with E-state index in [1.165, 1.54) is 35.3 Å². The van der Waals surface area contributed by atoms with Gasteiger partial charge < -0.3 is 10.4 Å². The average Bonchev–Trinajstić information content (AvgIpc) is 3.53. The van der Waals surface area contributed by atoms with Gasteiger partial charge >= 0.3 is 11.9 Å². The van der Waals surface area contributed by atoms with Crippen LogP contribution in [0.1, 0.15) is 48.8 Å². The first-order valence-electron chi connectivity index (χ1n) is 13.5. The minimum absolute atomic E-state index is 0.0848. The standard InChI is InChI=1S/C28H29ClF3N7O3/c1-17-5-4-6-20(13-17)34-26(41)21-7-2-3-8-22(21)39-16-33-24(35-39)15-38-27(42)37(14-23(40)28(30,31)32)25(36-38)18-9-11-19(29)12-10-18/h2-3,7-12,16-17,20,23,40H,4-6,13-15H2,1H3,(H,34,41). The monoisotopic (exact) mass is 603 g/mol. The summed E-state index contributed by atoms with van der Waals surface area (Å²) in [7, 11) is 0. The third-order valence-electron chi connectivity index (χ3n) is 7.26. The van der Waals surface area contributed by atoms with E-state index >= 15 is 0 Å². The van der Waals surface area contributed by atoms with Crippen LogP contribution in [0, 0.1) is 5.92 Å². The Kier molecular flexibility index (Phi) is 8.50. The van der Waals surface area contributed by atoms with Crippen molar-refractivity contribution in [1.29, 1.82) is 0 Å². The van der Waals surface area contributed by atoms with E-state index in [9.17, 15) is 27.9 Å². The van der Waals surface area contributed by atoms with Crippen molar-refractivity contribution in [3.05, 3.63) is 81.8 Å². The van der Waals surface area contributed by atoms with Crippen LogP contribution in [0.5, 0.6) is 0 Å². The van der Waals surface area contributed by atoms with Gasteiger partial charge in [-0.2, -0.15) is 13.2 Å². The maximum Gasteiger partial charge on any atom is 0.416 e. The summed E-state index contributed by atoms with van der Waals surface area (Å²) in [6, 6.07) is 13.0. The predicted octanol–water partition coefficient (Wildman–Crippen LogP) is 4.23. The van der Waals surface area contributed by atoms with Gasteiger partial charge in [-0.25, -0.2) is 19.1 Å². The van der Waals surface area contributed by atoms with Gasteiger partial charge in [-0.1, -0.05) is 43.5 Å². The molecule has 1 aliphatic carbocycles. The molecule has 5 rings (SSSR count). The number of carbonyl (C=O) groups is 1. The van der Waals surface area contributed by atoms with Crippen molar-refractivity contribution in [1.82, 2.24) is 34.4 Å². The zero-order valence-electron chi connectivity index (χ0n) is 22.6. The molecule has 4 aromatic rings. The molecular formula is C28H29ClF3N7O3. The highest BCUT2D eigenvalue weighted by atomic mass is 35.5. The van der Waals surface area contributed by atoms with Gasteiger partial charge in [-0.05, 0) is 55.2 Å². The minimum atomic E-state index is -4.94. The SMILES string of the molecule is CC1CCCC(NC(=O)c2ccccc2-n2cnc(Cn3nc(-c4ccc(Cl)cc4)n(CC(O)C(F)(F)F)c3=O)n2)C1. The van der Waals surface area contributed by atoms with E-state index in [0.29, 0.717) is 27.8 Å². The topological polar surface area (TPSA) is 120 Å². The predicted molar refractivity (Wildman–Crippen MR) is 148 cm³/mol. The first-order chi connectivity index (χ1) is 20.0. The highest BCUT2D eigenvalue weighted by Crippen LogP contribution is 2.25. The molecule has 2 aromatic heterocycles. The van der Waals surface area contributed by atoms with Gasteiger partial charge in [0.2, 0.25) is 0 Å². The van der Waals surface area contributed by atoms with Crippen molar-refractivity contribution in [2.45, 2.75) is 64.0 Å². The summed E-state index contributed by atoms with van der Waals surface area (Å²) >= 11 is 5.94. The van der Waals surface area contributed by atoms with Crippen molar-refractivity contribution >= 4 is 17.5 Å². The number of nitrogens with one attached hydrogen (secondary N) is 1. The van der Waals surface area contributed by atoms with Crippen LogP contribution in [-0.2, 0) is 13.1 Å². The van der Waals surface area contributed by atoms with Crippen molar-refractivity contribution in [3.63, 3.8) is 0 Å². The molecule has 2 aromatic carbocycles. The van der Waals surface area contributed by atoms with Gasteiger partial charge in [-0.3, -0.25) is 9.36 Å². The molecule has 14 heteroatoms. The number of nitrogens with zero attached hydrogens (tertiary/aromatic N) is 6. The summed E-state index contributed by atoms with van der Waals surface area (Å²) in [4.78, 5) is 30.6. The molecule has 0 spiro atoms. The Morgan fingerprint density at radius 3 is 2.60 bits per heavy atom. The van der Waals surface area contributed by atoms with Gasteiger partial charge in [-0.15, -0.1) is 10.2 Å². The second-order valence-electron chi connectivity index (χ2n) is 10.5. The molecule has 1 fully saturated rings. The number of hydrogen-bond donors (Lipinski definition) is 2. The lowest BCUT2D eigenvalue weighted by molar-refractivity contribution is -0.207. The molecule has 2 N–H and O–H groups in total. The fourth-order valence-corrected chi connectivity index (χ4v) is 5.24. The number of alkyl halides is 3. The van der Waals surface area contributed by atoms with Gasteiger partial charge in [0.05, 0.1) is 17.8 Å². The average molecular weight is 604 g/mol. The van der Waals surface area contributed by atoms with E-state index < -0.39 is 24.5 Å². The fraction of sp³-hybridized carbons (Fsp3) is 0.393. The number of aliphatic hydroxyl groups is 1. The molecule has 0 bridgehead atoms. The molecule has 0 aliphatic heterocycles. The molecule has 1 aliphatic rings. The van der Waals surface area contributed by atoms with Gasteiger partial charge in [0.1, 0.15) is 12.9 Å². The molecule has 222 valence electrons. The van der Waals surface area contributed by atoms with E-state index in [1.54, 1.807) is 24.3 Å². The van der Waals surface area contributed by atoms with Crippen molar-refractivity contribution < 1.29 is 23.1 Å². The number of carbonyl (C=O) groups excluding carboxylic acids is 1. The number of aromatic nitrogens is 6. The Bertz CT molecular complexity index is 1610. The Morgan fingerprint density at radius 2 is 1.88 bits per heavy atom. The third kappa shape index (κ3) is 6.57. The molecule has 3 unspecified atom stereocenters. The van der Waals surface area contributed by atoms with Crippen molar-refractivity contribution in [3.8, 4) is 17.1 Å². The smallest absolute Gasteiger partial charge is 0.382 e. The zero-order valence-corrected chi connectivity index (χ0v) is 23.4. The quantitative estimate of drug-likeness (QED) is 0.311. The van der Waals surface area contributed by atoms with E-state index in [4.69, 9.17) is 11.6 Å². The van der Waals surface area contributed by atoms with Gasteiger partial charge in [0.15, 0.2) is 17.8 Å². The first kappa shape index (κ1) is 29.5. The van der Waals surface area contributed by atoms with Crippen molar-refractivity contribution in [2.24, 2.45) is 5.92 Å². The normalized spacial score (nSPS) is 18.1. The summed E-state index contributed by atoms with van der Waals surface area (Å²) in [6.07, 6.45) is -2.28. The molecule has 42 heavy (non-hydrogen) atoms. The lowest BCUT2D eigenvalue weighted by Crippen LogP contribution is -2.38. The fourth-order valence-electron chi connectivity index (χ4n) is 5.11. The number of benzene rings is 2. The Balaban J connectivity index is 1.41. The number of hydrogen-bond acceptors (Lipinski definition) is 6. The summed E-state index contributed by atoms with van der Waals surface area (Å²) in [6.45, 7) is 0.856. The maximum absolute atomic E-state index is 13.2. The number of aliphatic hydroxyl groups excluding tert-OH is 1. The van der Waals surface area contributed by atoms with Crippen LogP contribution in [-0.4, -0.2) is 58.4 Å². The van der Waals surface area contributed by atoms with Crippen LogP contribution in [0.15, 0.2) is 59.7 Å². The zero-order chi connectivity index (χ0) is 30.0. The van der Waals surface area contributed by atoms with Crippen molar-refractivity contribution in [2.75, 3.05) is 0 Å². The van der Waals surface area contributed by atoms with Crippen LogP contribution >= 0.6 is 11.6 Å². The number of rotatable bonds is 8. The van der Waals surface area contributed by atoms with Crippen LogP contribution in [0.4, 0.5) is 13.2 Å². The number of halogens is 4. The highest BCUT2D eigenvalue weighted by Gasteiger charge is 2.39. The Hall–Kier alpha value is -3.97. The summed E-state index contributed by atoms with van der Waals surface area (Å²) in [5, 5.41) is 21.8. The molecule has 1 amide bonds. The van der Waals surface area contributed by atoms with Crippen LogP contribution in [0.25, 0.3) is 17.1 Å². The first-order valence-corrected chi connectivity index (χ1v) is 13.9. The molecule has 1 saturated carbocycles. The molecule has 2 heterocycles. The molecule has 0 saturated heterocycles. The van der Waals surface area contributed by atoms with Gasteiger partial charge in [0.25, 0.3) is 5.91 Å². The molecule has 0 radical (unpaired) electrons. The Morgan fingerprint density at radius 1 is 1.14 bits per heavy atom. The second kappa shape index (κ2) is 12.1. The van der Waals surface area contributed by atoms with Crippen LogP contribution in [0.3, 0.4) is 0 Å². The minimum Gasteiger partial charge on any atom is -0.382 e. The molecule has 10 nitrogen and oxygen atoms in total. The molecule has 3 atom stereocenters. The largest absolute Gasteiger partial charge is 0.416 e. The number of para-hydroxylation sites is 1. The summed E-state index contributed by atoms with van der Waals surface area (Å²) in [5.41, 5.74) is 0.321. The highest BCUT2D eigenvalue weighted by molar-refractivity contribution is 6.30. The van der Waals surface area contributed by atoms with Gasteiger partial charge in [0, 0.05) is 16.6 Å². The van der Waals surface area contributed by atoms with Crippen LogP contribution in [0.2, 0.25) is 5.02 Å². The van der Waals surface area contributed by atoms with Crippen LogP contribution < -0.4 is 11.0 Å². The van der Waals surface area contributed by atoms with E-state index in [0.717, 1.165) is 34.9 Å². The Labute approximate surface area is 243 Å². The lowest BCUT2D eigenvalue weighted by atomic mass is 9.87.